The summed E-state index contributed by atoms with van der Waals surface area (Å²) in [5.74, 6) is -5.91. The van der Waals surface area contributed by atoms with Crippen LogP contribution < -0.4 is 38.5 Å². The fourth-order valence-electron chi connectivity index (χ4n) is 10.3. The van der Waals surface area contributed by atoms with E-state index in [0.717, 1.165) is 67.6 Å². The number of amides is 10. The maximum Gasteiger partial charge on any atom is 0.258 e. The lowest BCUT2D eigenvalue weighted by Gasteiger charge is -2.35. The van der Waals surface area contributed by atoms with E-state index in [1.807, 2.05) is 0 Å². The fourth-order valence-corrected chi connectivity index (χ4v) is 10.3. The van der Waals surface area contributed by atoms with Crippen LogP contribution in [0.25, 0.3) is 0 Å². The lowest BCUT2D eigenvalue weighted by molar-refractivity contribution is -0.141. The largest absolute Gasteiger partial charge is 0.457 e. The summed E-state index contributed by atoms with van der Waals surface area (Å²) in [7, 11) is 0. The highest BCUT2D eigenvalue weighted by Gasteiger charge is 2.50. The van der Waals surface area contributed by atoms with Gasteiger partial charge < -0.3 is 18.9 Å². The van der Waals surface area contributed by atoms with E-state index in [9.17, 15) is 47.9 Å². The summed E-state index contributed by atoms with van der Waals surface area (Å²) in [4.78, 5) is 141. The number of carbonyl (C=O) groups excluding carboxylic acids is 10. The molecule has 2 fully saturated rings. The number of ether oxygens (including phenoxy) is 4. The summed E-state index contributed by atoms with van der Waals surface area (Å²) in [5.41, 5.74) is 85.1. The smallest absolute Gasteiger partial charge is 0.258 e. The third kappa shape index (κ3) is 20.8. The standard InChI is InChI=1S/C92H42N6O14/c1-4-5-6-7-8-9-10-11-12-13-14-15-16-17-18-19-20-21-22-23-24-25-26-27-28-29-30-31-32-33-34-35-36-55-84(93(68(2)99)82-66-89(105)97(91(82)107)72-45-39-49-76(62-72)111-80-53-41-51-78(64-80)109-74-47-37-43-70(60-74)95-85(101)56-57-86(95)102)94(69(3)100)83-67-90(106)98(92(83)108)73-46-40-50-77(63-73)112-81-54-42-52-79(65-81)110-75-48-38-44-71(61-75)96-87(103)58-59-88(96)104/h37-54,56-65,82-83H,1,66-67H2,2-3H3. The van der Waals surface area contributed by atoms with Crippen LogP contribution in [0.5, 0.6) is 46.0 Å². The second kappa shape index (κ2) is 38.3. The van der Waals surface area contributed by atoms with Gasteiger partial charge in [-0.15, -0.1) is 0 Å². The maximum absolute atomic E-state index is 14.9. The quantitative estimate of drug-likeness (QED) is 0.0649. The van der Waals surface area contributed by atoms with Gasteiger partial charge in [0.25, 0.3) is 35.4 Å². The van der Waals surface area contributed by atoms with E-state index < -0.39 is 89.8 Å². The Kier molecular flexibility index (Phi) is 26.1. The molecule has 6 aromatic rings. The molecule has 2 unspecified atom stereocenters. The van der Waals surface area contributed by atoms with Gasteiger partial charge in [-0.1, -0.05) is 42.1 Å². The van der Waals surface area contributed by atoms with Crippen molar-refractivity contribution in [3.8, 4) is 46.0 Å². The third-order valence-corrected chi connectivity index (χ3v) is 14.7. The second-order valence-electron chi connectivity index (χ2n) is 22.0. The molecule has 112 heavy (non-hydrogen) atoms. The molecule has 6 aromatic carbocycles. The molecule has 0 aromatic heterocycles. The Labute approximate surface area is 636 Å². The molecular weight excluding hydrogens is 1410 g/mol. The number of imide groups is 4. The highest BCUT2D eigenvalue weighted by atomic mass is 16.5. The van der Waals surface area contributed by atoms with Gasteiger partial charge in [0.15, 0.2) is 5.82 Å². The molecule has 0 N–H and O–H groups in total. The van der Waals surface area contributed by atoms with Crippen LogP contribution >= 0.6 is 0 Å². The normalized spacial score (nSPS) is 13.0. The number of hydrogen-bond acceptors (Lipinski definition) is 14. The number of carbonyl (C=O) groups is 10. The second-order valence-corrected chi connectivity index (χ2v) is 22.0. The van der Waals surface area contributed by atoms with E-state index in [-0.39, 0.29) is 34.4 Å². The Morgan fingerprint density at radius 1 is 0.312 bits per heavy atom. The van der Waals surface area contributed by atoms with E-state index >= 15 is 0 Å². The zero-order valence-corrected chi connectivity index (χ0v) is 58.3. The predicted octanol–water partition coefficient (Wildman–Crippen LogP) is 13.1. The average Bonchev–Trinajstić information content (AvgIpc) is 1.60. The van der Waals surface area contributed by atoms with Crippen molar-refractivity contribution in [2.45, 2.75) is 38.8 Å². The molecule has 0 radical (unpaired) electrons. The first-order valence-electron chi connectivity index (χ1n) is 32.5. The van der Waals surface area contributed by atoms with Crippen molar-refractivity contribution in [3.05, 3.63) is 377 Å². The highest BCUT2D eigenvalue weighted by molar-refractivity contribution is 6.29. The minimum atomic E-state index is -1.70. The molecule has 10 amide bonds. The lowest BCUT2D eigenvalue weighted by Crippen LogP contribution is -2.53. The third-order valence-electron chi connectivity index (χ3n) is 14.7. The first-order chi connectivity index (χ1) is 54.5. The molecule has 4 heterocycles. The minimum Gasteiger partial charge on any atom is -0.457 e. The SMILES string of the molecule is C=C=C=C=C=C=C=C=C=C=C=C=C=C=C=C=C=C=C=C=C=C=C=C=C=C=C=C=C=C=C=C=C=C=C=C(N(C(C)=O)C1CC(=O)N(c2cccc(Oc3cccc(Oc4cccc(N5C(=O)C=CC5=O)c4)c3)c2)C1=O)N(C(C)=O)C1CC(=O)N(c2cccc(Oc3cccc(Oc4cccc(N5C(=O)C=CC5=O)c4)c3)c2)C1=O. The van der Waals surface area contributed by atoms with Crippen molar-refractivity contribution in [1.29, 1.82) is 0 Å². The Hall–Kier alpha value is -18.2. The first-order valence-corrected chi connectivity index (χ1v) is 32.5. The molecule has 10 rings (SSSR count). The van der Waals surface area contributed by atoms with Crippen LogP contribution in [0.3, 0.4) is 0 Å². The Bertz CT molecular complexity index is 6450. The molecule has 0 bridgehead atoms. The van der Waals surface area contributed by atoms with Gasteiger partial charge in [0, 0.05) is 166 Å². The molecule has 2 atom stereocenters. The minimum absolute atomic E-state index is 0.0188. The van der Waals surface area contributed by atoms with E-state index in [2.05, 4.69) is 201 Å². The molecule has 4 aliphatic rings. The first kappa shape index (κ1) is 76.4. The summed E-state index contributed by atoms with van der Waals surface area (Å²) >= 11 is 0. The zero-order valence-electron chi connectivity index (χ0n) is 58.3. The van der Waals surface area contributed by atoms with Crippen molar-refractivity contribution < 1.29 is 66.9 Å². The summed E-state index contributed by atoms with van der Waals surface area (Å²) in [6.07, 6.45) is 3.34. The van der Waals surface area contributed by atoms with Gasteiger partial charge in [0.2, 0.25) is 23.6 Å². The fraction of sp³-hybridized carbons (Fsp3) is 0.0652. The summed E-state index contributed by atoms with van der Waals surface area (Å²) in [5, 5.41) is 0. The molecule has 20 heteroatoms. The van der Waals surface area contributed by atoms with Crippen molar-refractivity contribution in [1.82, 2.24) is 9.80 Å². The predicted molar refractivity (Wildman–Crippen MR) is 398 cm³/mol. The van der Waals surface area contributed by atoms with E-state index in [1.54, 1.807) is 97.1 Å². The monoisotopic (exact) mass is 1450 g/mol. The number of rotatable bonds is 16. The van der Waals surface area contributed by atoms with Gasteiger partial charge in [0.1, 0.15) is 58.1 Å². The van der Waals surface area contributed by atoms with Gasteiger partial charge in [-0.25, -0.2) is 19.6 Å². The van der Waals surface area contributed by atoms with Crippen LogP contribution in [-0.2, 0) is 47.9 Å². The lowest BCUT2D eigenvalue weighted by atomic mass is 10.1. The van der Waals surface area contributed by atoms with Gasteiger partial charge in [-0.2, -0.15) is 0 Å². The molecule has 524 valence electrons. The number of hydrogen-bond donors (Lipinski definition) is 0. The van der Waals surface area contributed by atoms with Gasteiger partial charge in [-0.3, -0.25) is 57.7 Å². The van der Waals surface area contributed by atoms with Gasteiger partial charge >= 0.3 is 0 Å². The highest BCUT2D eigenvalue weighted by Crippen LogP contribution is 2.38. The van der Waals surface area contributed by atoms with Crippen LogP contribution in [0.2, 0.25) is 0 Å². The van der Waals surface area contributed by atoms with Crippen LogP contribution in [0, 0.1) is 0 Å². The van der Waals surface area contributed by atoms with E-state index in [0.29, 0.717) is 34.4 Å². The van der Waals surface area contributed by atoms with Gasteiger partial charge in [-0.05, 0) is 177 Å². The molecule has 0 saturated carbocycles. The topological polar surface area (TPSA) is 227 Å². The van der Waals surface area contributed by atoms with Gasteiger partial charge in [0.05, 0.1) is 35.6 Å². The van der Waals surface area contributed by atoms with Crippen molar-refractivity contribution >= 4 is 81.8 Å². The number of nitrogens with zero attached hydrogens (tertiary/aromatic N) is 6. The Morgan fingerprint density at radius 3 is 0.768 bits per heavy atom. The molecular formula is C92H42N6O14. The zero-order chi connectivity index (χ0) is 79.0. The van der Waals surface area contributed by atoms with Crippen LogP contribution in [-0.4, -0.2) is 81.0 Å². The molecule has 2 saturated heterocycles. The molecule has 0 spiro atoms. The maximum atomic E-state index is 14.9. The van der Waals surface area contributed by atoms with Crippen LogP contribution in [0.4, 0.5) is 22.7 Å². The van der Waals surface area contributed by atoms with Crippen LogP contribution in [0.1, 0.15) is 26.7 Å². The summed E-state index contributed by atoms with van der Waals surface area (Å²) in [6.45, 7) is 5.43. The molecule has 20 nitrogen and oxygen atoms in total. The average molecular weight is 1460 g/mol. The van der Waals surface area contributed by atoms with E-state index in [1.165, 1.54) is 48.5 Å². The van der Waals surface area contributed by atoms with Crippen molar-refractivity contribution in [2.75, 3.05) is 19.6 Å². The summed E-state index contributed by atoms with van der Waals surface area (Å²) < 4.78 is 24.5. The molecule has 0 aliphatic carbocycles. The summed E-state index contributed by atoms with van der Waals surface area (Å²) in [6, 6.07) is 34.0. The van der Waals surface area contributed by atoms with Crippen molar-refractivity contribution in [2.24, 2.45) is 0 Å². The van der Waals surface area contributed by atoms with Crippen molar-refractivity contribution in [3.63, 3.8) is 0 Å². The Morgan fingerprint density at radius 2 is 0.527 bits per heavy atom. The number of anilines is 4. The Balaban J connectivity index is 0.936. The molecule has 4 aliphatic heterocycles. The van der Waals surface area contributed by atoms with Crippen LogP contribution in [0.15, 0.2) is 377 Å². The number of benzene rings is 6. The van der Waals surface area contributed by atoms with E-state index in [4.69, 9.17) is 18.9 Å².